The van der Waals surface area contributed by atoms with Crippen molar-refractivity contribution in [3.63, 3.8) is 0 Å². The Balaban J connectivity index is 2.75. The molecule has 19 heavy (non-hydrogen) atoms. The van der Waals surface area contributed by atoms with Gasteiger partial charge in [0, 0.05) is 5.33 Å². The fourth-order valence-electron chi connectivity index (χ4n) is 1.48. The van der Waals surface area contributed by atoms with E-state index in [2.05, 4.69) is 27.6 Å². The van der Waals surface area contributed by atoms with Gasteiger partial charge in [-0.05, 0) is 30.5 Å². The van der Waals surface area contributed by atoms with Crippen LogP contribution in [0.3, 0.4) is 0 Å². The number of rotatable bonds is 7. The lowest BCUT2D eigenvalue weighted by Crippen LogP contribution is -2.07. The minimum atomic E-state index is -0.388. The number of ether oxygens (including phenoxy) is 3. The summed E-state index contributed by atoms with van der Waals surface area (Å²) in [7, 11) is 2.92. The van der Waals surface area contributed by atoms with E-state index in [1.807, 2.05) is 0 Å². The maximum Gasteiger partial charge on any atom is 0.337 e. The Morgan fingerprint density at radius 1 is 1.32 bits per heavy atom. The quantitative estimate of drug-likeness (QED) is 0.568. The van der Waals surface area contributed by atoms with Crippen molar-refractivity contribution in [2.24, 2.45) is 5.92 Å². The van der Waals surface area contributed by atoms with Crippen molar-refractivity contribution < 1.29 is 19.0 Å². The van der Waals surface area contributed by atoms with Gasteiger partial charge in [-0.1, -0.05) is 22.9 Å². The van der Waals surface area contributed by atoms with Crippen molar-refractivity contribution in [3.05, 3.63) is 23.8 Å². The number of esters is 1. The van der Waals surface area contributed by atoms with E-state index in [-0.39, 0.29) is 5.97 Å². The van der Waals surface area contributed by atoms with Crippen LogP contribution in [-0.2, 0) is 4.74 Å². The smallest absolute Gasteiger partial charge is 0.337 e. The second-order valence-corrected chi connectivity index (χ2v) is 4.90. The first kappa shape index (κ1) is 15.8. The Morgan fingerprint density at radius 3 is 2.63 bits per heavy atom. The van der Waals surface area contributed by atoms with Gasteiger partial charge in [0.05, 0.1) is 26.4 Å². The Labute approximate surface area is 122 Å². The molecule has 0 aliphatic carbocycles. The molecule has 0 fully saturated rings. The lowest BCUT2D eigenvalue weighted by Gasteiger charge is -2.13. The first-order valence-corrected chi connectivity index (χ1v) is 7.19. The molecule has 0 aromatic heterocycles. The molecular formula is C14H19BrO4. The van der Waals surface area contributed by atoms with Gasteiger partial charge in [-0.2, -0.15) is 0 Å². The third-order valence-corrected chi connectivity index (χ3v) is 3.82. The van der Waals surface area contributed by atoms with Gasteiger partial charge in [0.15, 0.2) is 11.5 Å². The molecule has 0 saturated heterocycles. The van der Waals surface area contributed by atoms with Crippen LogP contribution in [0.15, 0.2) is 18.2 Å². The van der Waals surface area contributed by atoms with Crippen molar-refractivity contribution in [2.45, 2.75) is 13.3 Å². The monoisotopic (exact) mass is 330 g/mol. The van der Waals surface area contributed by atoms with E-state index in [4.69, 9.17) is 9.47 Å². The summed E-state index contributed by atoms with van der Waals surface area (Å²) in [5.74, 6) is 1.32. The standard InChI is InChI=1S/C14H19BrO4/c1-10(9-15)6-7-19-13-8-11(14(16)18-3)4-5-12(13)17-2/h4-5,8,10H,6-7,9H2,1-3H3. The zero-order valence-corrected chi connectivity index (χ0v) is 13.0. The molecular weight excluding hydrogens is 312 g/mol. The summed E-state index contributed by atoms with van der Waals surface area (Å²) in [6.07, 6.45) is 0.927. The van der Waals surface area contributed by atoms with Crippen LogP contribution in [0, 0.1) is 5.92 Å². The van der Waals surface area contributed by atoms with E-state index >= 15 is 0 Å². The number of hydrogen-bond donors (Lipinski definition) is 0. The molecule has 1 rings (SSSR count). The molecule has 4 nitrogen and oxygen atoms in total. The van der Waals surface area contributed by atoms with E-state index in [9.17, 15) is 4.79 Å². The van der Waals surface area contributed by atoms with Crippen LogP contribution in [0.25, 0.3) is 0 Å². The Morgan fingerprint density at radius 2 is 2.05 bits per heavy atom. The van der Waals surface area contributed by atoms with E-state index in [1.165, 1.54) is 7.11 Å². The van der Waals surface area contributed by atoms with Gasteiger partial charge in [-0.15, -0.1) is 0 Å². The van der Waals surface area contributed by atoms with Crippen molar-refractivity contribution in [3.8, 4) is 11.5 Å². The molecule has 1 aromatic carbocycles. The normalized spacial score (nSPS) is 11.8. The fraction of sp³-hybridized carbons (Fsp3) is 0.500. The van der Waals surface area contributed by atoms with Gasteiger partial charge < -0.3 is 14.2 Å². The highest BCUT2D eigenvalue weighted by Crippen LogP contribution is 2.28. The van der Waals surface area contributed by atoms with Crippen molar-refractivity contribution in [1.82, 2.24) is 0 Å². The second-order valence-electron chi connectivity index (χ2n) is 4.25. The summed E-state index contributed by atoms with van der Waals surface area (Å²) >= 11 is 3.43. The van der Waals surface area contributed by atoms with Crippen LogP contribution in [-0.4, -0.2) is 32.1 Å². The van der Waals surface area contributed by atoms with Gasteiger partial charge in [0.25, 0.3) is 0 Å². The van der Waals surface area contributed by atoms with E-state index in [0.29, 0.717) is 29.6 Å². The molecule has 0 N–H and O–H groups in total. The van der Waals surface area contributed by atoms with E-state index < -0.39 is 0 Å². The average molecular weight is 331 g/mol. The summed E-state index contributed by atoms with van der Waals surface area (Å²) in [6, 6.07) is 5.00. The number of benzene rings is 1. The highest BCUT2D eigenvalue weighted by Gasteiger charge is 2.11. The number of carbonyl (C=O) groups excluding carboxylic acids is 1. The zero-order valence-electron chi connectivity index (χ0n) is 11.4. The van der Waals surface area contributed by atoms with E-state index in [0.717, 1.165) is 11.8 Å². The van der Waals surface area contributed by atoms with Gasteiger partial charge in [-0.25, -0.2) is 4.79 Å². The largest absolute Gasteiger partial charge is 0.493 e. The molecule has 5 heteroatoms. The summed E-state index contributed by atoms with van der Waals surface area (Å²) in [5.41, 5.74) is 0.451. The Kier molecular flexibility index (Phi) is 6.70. The number of carbonyl (C=O) groups is 1. The average Bonchev–Trinajstić information content (AvgIpc) is 2.45. The van der Waals surface area contributed by atoms with Gasteiger partial charge in [-0.3, -0.25) is 0 Å². The predicted molar refractivity (Wildman–Crippen MR) is 77.4 cm³/mol. The molecule has 1 unspecified atom stereocenters. The molecule has 0 radical (unpaired) electrons. The SMILES string of the molecule is COC(=O)c1ccc(OC)c(OCCC(C)CBr)c1. The third kappa shape index (κ3) is 4.74. The van der Waals surface area contributed by atoms with E-state index in [1.54, 1.807) is 25.3 Å². The van der Waals surface area contributed by atoms with Crippen molar-refractivity contribution in [1.29, 1.82) is 0 Å². The minimum absolute atomic E-state index is 0.388. The highest BCUT2D eigenvalue weighted by atomic mass is 79.9. The van der Waals surface area contributed by atoms with Crippen LogP contribution < -0.4 is 9.47 Å². The Hall–Kier alpha value is -1.23. The van der Waals surface area contributed by atoms with Crippen LogP contribution >= 0.6 is 15.9 Å². The van der Waals surface area contributed by atoms with Crippen LogP contribution in [0.2, 0.25) is 0 Å². The first-order valence-electron chi connectivity index (χ1n) is 6.07. The molecule has 0 heterocycles. The minimum Gasteiger partial charge on any atom is -0.493 e. The molecule has 1 atom stereocenters. The number of halogens is 1. The maximum absolute atomic E-state index is 11.5. The lowest BCUT2D eigenvalue weighted by atomic mass is 10.1. The maximum atomic E-state index is 11.5. The summed E-state index contributed by atoms with van der Waals surface area (Å²) < 4.78 is 15.6. The first-order chi connectivity index (χ1) is 9.12. The topological polar surface area (TPSA) is 44.8 Å². The van der Waals surface area contributed by atoms with Crippen LogP contribution in [0.5, 0.6) is 11.5 Å². The molecule has 0 aliphatic rings. The predicted octanol–water partition coefficient (Wildman–Crippen LogP) is 3.28. The molecule has 0 aliphatic heterocycles. The summed E-state index contributed by atoms with van der Waals surface area (Å²) in [6.45, 7) is 2.72. The number of methoxy groups -OCH3 is 2. The molecule has 0 bridgehead atoms. The van der Waals surface area contributed by atoms with Gasteiger partial charge >= 0.3 is 5.97 Å². The summed E-state index contributed by atoms with van der Waals surface area (Å²) in [5, 5.41) is 0.940. The van der Waals surface area contributed by atoms with Crippen molar-refractivity contribution in [2.75, 3.05) is 26.2 Å². The van der Waals surface area contributed by atoms with Crippen LogP contribution in [0.1, 0.15) is 23.7 Å². The highest BCUT2D eigenvalue weighted by molar-refractivity contribution is 9.09. The molecule has 106 valence electrons. The molecule has 1 aromatic rings. The number of alkyl halides is 1. The number of hydrogen-bond acceptors (Lipinski definition) is 4. The van der Waals surface area contributed by atoms with Crippen LogP contribution in [0.4, 0.5) is 0 Å². The second kappa shape index (κ2) is 8.04. The molecule has 0 saturated carbocycles. The van der Waals surface area contributed by atoms with Gasteiger partial charge in [0.2, 0.25) is 0 Å². The van der Waals surface area contributed by atoms with Gasteiger partial charge in [0.1, 0.15) is 0 Å². The van der Waals surface area contributed by atoms with Crippen molar-refractivity contribution >= 4 is 21.9 Å². The molecule has 0 amide bonds. The lowest BCUT2D eigenvalue weighted by molar-refractivity contribution is 0.0600. The third-order valence-electron chi connectivity index (χ3n) is 2.72. The zero-order chi connectivity index (χ0) is 14.3. The Bertz CT molecular complexity index is 420. The fourth-order valence-corrected chi connectivity index (χ4v) is 1.81. The molecule has 0 spiro atoms. The summed E-state index contributed by atoms with van der Waals surface area (Å²) in [4.78, 5) is 11.5.